The van der Waals surface area contributed by atoms with Crippen LogP contribution in [-0.2, 0) is 4.74 Å². The second-order valence-corrected chi connectivity index (χ2v) is 7.40. The maximum absolute atomic E-state index is 13.8. The molecule has 4 aromatic rings. The molecular formula is C23H23FN6O3. The van der Waals surface area contributed by atoms with Crippen molar-refractivity contribution in [3.8, 4) is 17.0 Å². The van der Waals surface area contributed by atoms with Gasteiger partial charge in [0.2, 0.25) is 5.95 Å². The first-order valence-electron chi connectivity index (χ1n) is 9.97. The zero-order chi connectivity index (χ0) is 23.7. The van der Waals surface area contributed by atoms with Crippen LogP contribution in [0.25, 0.3) is 22.2 Å². The number of hydrogen-bond donors (Lipinski definition) is 2. The molecule has 0 radical (unpaired) electrons. The van der Waals surface area contributed by atoms with E-state index in [4.69, 9.17) is 15.2 Å². The third kappa shape index (κ3) is 3.98. The van der Waals surface area contributed by atoms with Gasteiger partial charge in [-0.25, -0.2) is 19.2 Å². The molecule has 4 rings (SSSR count). The lowest BCUT2D eigenvalue weighted by Crippen LogP contribution is -2.23. The number of nitrogens with zero attached hydrogens (tertiary/aromatic N) is 4. The van der Waals surface area contributed by atoms with Crippen molar-refractivity contribution >= 4 is 34.2 Å². The Bertz CT molecular complexity index is 1350. The molecule has 0 amide bonds. The third-order valence-corrected chi connectivity index (χ3v) is 5.14. The molecule has 0 aliphatic heterocycles. The minimum Gasteiger partial charge on any atom is -0.494 e. The average molecular weight is 450 g/mol. The van der Waals surface area contributed by atoms with Crippen molar-refractivity contribution in [3.63, 3.8) is 0 Å². The predicted molar refractivity (Wildman–Crippen MR) is 125 cm³/mol. The second-order valence-electron chi connectivity index (χ2n) is 7.40. The highest BCUT2D eigenvalue weighted by Gasteiger charge is 2.22. The number of fused-ring (bicyclic) bond motifs is 1. The van der Waals surface area contributed by atoms with Crippen LogP contribution in [0.2, 0.25) is 0 Å². The van der Waals surface area contributed by atoms with Gasteiger partial charge in [-0.15, -0.1) is 0 Å². The maximum atomic E-state index is 13.8. The summed E-state index contributed by atoms with van der Waals surface area (Å²) in [7, 11) is 6.54. The number of carbonyl (C=O) groups excluding carboxylic acids is 1. The Morgan fingerprint density at radius 1 is 1.21 bits per heavy atom. The smallest absolute Gasteiger partial charge is 0.341 e. The number of anilines is 3. The zero-order valence-electron chi connectivity index (χ0n) is 18.6. The van der Waals surface area contributed by atoms with Crippen molar-refractivity contribution in [2.75, 3.05) is 44.4 Å². The number of nitrogens with two attached hydrogens (primary N) is 1. The van der Waals surface area contributed by atoms with Crippen molar-refractivity contribution < 1.29 is 18.7 Å². The Balaban J connectivity index is 1.89. The summed E-state index contributed by atoms with van der Waals surface area (Å²) in [5.41, 5.74) is 8.28. The number of carbonyl (C=O) groups is 1. The molecular weight excluding hydrogens is 427 g/mol. The number of benzene rings is 2. The first kappa shape index (κ1) is 21.9. The van der Waals surface area contributed by atoms with Crippen LogP contribution in [0.15, 0.2) is 48.8 Å². The summed E-state index contributed by atoms with van der Waals surface area (Å²) in [6, 6.07) is 10.3. The Morgan fingerprint density at radius 2 is 1.97 bits per heavy atom. The van der Waals surface area contributed by atoms with Crippen molar-refractivity contribution in [2.45, 2.75) is 0 Å². The van der Waals surface area contributed by atoms with Crippen LogP contribution < -0.4 is 20.8 Å². The highest BCUT2D eigenvalue weighted by Crippen LogP contribution is 2.34. The Labute approximate surface area is 189 Å². The van der Waals surface area contributed by atoms with E-state index in [0.29, 0.717) is 11.4 Å². The first-order chi connectivity index (χ1) is 15.8. The quantitative estimate of drug-likeness (QED) is 0.339. The zero-order valence-corrected chi connectivity index (χ0v) is 18.6. The second kappa shape index (κ2) is 8.65. The van der Waals surface area contributed by atoms with E-state index in [1.165, 1.54) is 32.5 Å². The molecule has 0 spiro atoms. The van der Waals surface area contributed by atoms with E-state index in [9.17, 15) is 9.18 Å². The van der Waals surface area contributed by atoms with Gasteiger partial charge in [-0.1, -0.05) is 18.2 Å². The van der Waals surface area contributed by atoms with Crippen molar-refractivity contribution in [1.29, 1.82) is 0 Å². The lowest BCUT2D eigenvalue weighted by Gasteiger charge is -2.15. The van der Waals surface area contributed by atoms with Gasteiger partial charge in [-0.05, 0) is 12.1 Å². The van der Waals surface area contributed by atoms with Gasteiger partial charge in [-0.3, -0.25) is 4.68 Å². The lowest BCUT2D eigenvalue weighted by atomic mass is 10.1. The van der Waals surface area contributed by atoms with Crippen LogP contribution in [0.3, 0.4) is 0 Å². The van der Waals surface area contributed by atoms with Crippen molar-refractivity contribution in [2.24, 2.45) is 0 Å². The number of rotatable bonds is 6. The fourth-order valence-corrected chi connectivity index (χ4v) is 3.55. The molecule has 2 heterocycles. The third-order valence-electron chi connectivity index (χ3n) is 5.14. The largest absolute Gasteiger partial charge is 0.494 e. The SMILES string of the molecule is COC(=O)c1cnc(Nc2cc(N)c(F)cc2OC)nc1-c1cn(N(C)C)c2ccccc12. The Kier molecular flexibility index (Phi) is 5.74. The Morgan fingerprint density at radius 3 is 2.67 bits per heavy atom. The minimum absolute atomic E-state index is 0.0567. The van der Waals surface area contributed by atoms with Crippen molar-refractivity contribution in [1.82, 2.24) is 14.6 Å². The van der Waals surface area contributed by atoms with Gasteiger partial charge >= 0.3 is 5.97 Å². The number of para-hydroxylation sites is 1. The molecule has 0 aliphatic carbocycles. The molecule has 10 heteroatoms. The van der Waals surface area contributed by atoms with Crippen LogP contribution in [0, 0.1) is 5.82 Å². The van der Waals surface area contributed by atoms with Crippen LogP contribution >= 0.6 is 0 Å². The number of methoxy groups -OCH3 is 2. The number of esters is 1. The summed E-state index contributed by atoms with van der Waals surface area (Å²) >= 11 is 0. The molecule has 2 aromatic carbocycles. The Hall–Kier alpha value is -4.34. The fourth-order valence-electron chi connectivity index (χ4n) is 3.55. The van der Waals surface area contributed by atoms with E-state index in [0.717, 1.165) is 16.5 Å². The number of ether oxygens (including phenoxy) is 2. The van der Waals surface area contributed by atoms with E-state index >= 15 is 0 Å². The highest BCUT2D eigenvalue weighted by molar-refractivity contribution is 6.03. The van der Waals surface area contributed by atoms with E-state index in [-0.39, 0.29) is 22.9 Å². The lowest BCUT2D eigenvalue weighted by molar-refractivity contribution is 0.0601. The molecule has 0 saturated carbocycles. The molecule has 33 heavy (non-hydrogen) atoms. The standard InChI is InChI=1S/C23H23FN6O3/c1-29(2)30-12-15(13-7-5-6-8-19(13)30)21-14(22(31)33-4)11-26-23(28-21)27-18-10-17(25)16(24)9-20(18)32-3/h5-12H,25H2,1-4H3,(H,26,27,28). The molecule has 0 fully saturated rings. The molecule has 170 valence electrons. The monoisotopic (exact) mass is 450 g/mol. The number of aromatic nitrogens is 3. The predicted octanol–water partition coefficient (Wildman–Crippen LogP) is 3.56. The van der Waals surface area contributed by atoms with Crippen LogP contribution in [0.4, 0.5) is 21.7 Å². The van der Waals surface area contributed by atoms with Gasteiger partial charge < -0.3 is 25.5 Å². The number of halogens is 1. The summed E-state index contributed by atoms with van der Waals surface area (Å²) < 4.78 is 26.0. The molecule has 3 N–H and O–H groups in total. The van der Waals surface area contributed by atoms with E-state index in [1.54, 1.807) is 0 Å². The minimum atomic E-state index is -0.600. The highest BCUT2D eigenvalue weighted by atomic mass is 19.1. The van der Waals surface area contributed by atoms with Crippen LogP contribution in [0.1, 0.15) is 10.4 Å². The molecule has 0 bridgehead atoms. The molecule has 0 saturated heterocycles. The summed E-state index contributed by atoms with van der Waals surface area (Å²) in [5.74, 6) is -0.768. The van der Waals surface area contributed by atoms with Crippen LogP contribution in [0.5, 0.6) is 5.75 Å². The first-order valence-corrected chi connectivity index (χ1v) is 9.97. The van der Waals surface area contributed by atoms with Crippen molar-refractivity contribution in [3.05, 3.63) is 60.2 Å². The van der Waals surface area contributed by atoms with Crippen LogP contribution in [-0.4, -0.2) is 48.9 Å². The molecule has 0 unspecified atom stereocenters. The van der Waals surface area contributed by atoms with E-state index < -0.39 is 11.8 Å². The van der Waals surface area contributed by atoms with Gasteiger partial charge in [-0.2, -0.15) is 0 Å². The van der Waals surface area contributed by atoms with Gasteiger partial charge in [0.05, 0.1) is 36.8 Å². The van der Waals surface area contributed by atoms with Gasteiger partial charge in [0.15, 0.2) is 0 Å². The molecule has 9 nitrogen and oxygen atoms in total. The summed E-state index contributed by atoms with van der Waals surface area (Å²) in [6.45, 7) is 0. The van der Waals surface area contributed by atoms with Gasteiger partial charge in [0, 0.05) is 43.5 Å². The summed E-state index contributed by atoms with van der Waals surface area (Å²) in [6.07, 6.45) is 3.28. The summed E-state index contributed by atoms with van der Waals surface area (Å²) in [5, 5.41) is 5.81. The van der Waals surface area contributed by atoms with E-state index in [2.05, 4.69) is 15.3 Å². The van der Waals surface area contributed by atoms with Gasteiger partial charge in [0.1, 0.15) is 17.1 Å². The number of nitrogens with one attached hydrogen (secondary N) is 1. The molecule has 2 aromatic heterocycles. The van der Waals surface area contributed by atoms with E-state index in [1.807, 2.05) is 54.2 Å². The topological polar surface area (TPSA) is 108 Å². The maximum Gasteiger partial charge on any atom is 0.341 e. The average Bonchev–Trinajstić information content (AvgIpc) is 3.20. The molecule has 0 aliphatic rings. The molecule has 0 atom stereocenters. The normalized spacial score (nSPS) is 10.8. The fraction of sp³-hybridized carbons (Fsp3) is 0.174. The van der Waals surface area contributed by atoms with Gasteiger partial charge in [0.25, 0.3) is 0 Å². The number of nitrogen functional groups attached to an aromatic ring is 1. The summed E-state index contributed by atoms with van der Waals surface area (Å²) in [4.78, 5) is 21.4. The number of hydrogen-bond acceptors (Lipinski definition) is 8.